The molecule has 2 amide bonds. The maximum atomic E-state index is 12.4. The van der Waals surface area contributed by atoms with E-state index in [-0.39, 0.29) is 41.6 Å². The summed E-state index contributed by atoms with van der Waals surface area (Å²) in [4.78, 5) is 132. The van der Waals surface area contributed by atoms with E-state index in [2.05, 4.69) is 59.4 Å². The number of nitrogen functional groups attached to an aromatic ring is 1. The van der Waals surface area contributed by atoms with Gasteiger partial charge in [-0.15, -0.1) is 102 Å². The van der Waals surface area contributed by atoms with Crippen LogP contribution in [0.2, 0.25) is 0 Å². The van der Waals surface area contributed by atoms with Crippen molar-refractivity contribution < 1.29 is 52.6 Å². The normalized spacial score (nSPS) is 14.6. The van der Waals surface area contributed by atoms with E-state index in [0.29, 0.717) is 62.3 Å². The first-order chi connectivity index (χ1) is 62.4. The quantitative estimate of drug-likeness (QED) is 0.0288. The van der Waals surface area contributed by atoms with Gasteiger partial charge in [0.25, 0.3) is 5.91 Å². The molecule has 0 aliphatic carbocycles. The number of ether oxygens (including phenoxy) is 2. The van der Waals surface area contributed by atoms with Gasteiger partial charge in [-0.25, -0.2) is 0 Å². The van der Waals surface area contributed by atoms with Gasteiger partial charge in [-0.1, -0.05) is 26.2 Å². The SMILES string of the molecule is CCCCCC(=O)c1csc(C)c1.COCC(=O)c1csc(C)c1.Cc1cc(C(=O)CCC(=O)N(C)C)cs1.Cc1cc(C(=O)CCCCN(C)C)cs1.Cc1cc(C(=O)CCCN2CCCC2)cs1.Cc1cc(C(=O)CCCN2CCCCC2)cs1.Cc1cc(C(=O)CCCN2CCOCC2)cs1.Cc1cc(C(=O)N2CCC(N3CCCC3)CC2)cs1.Cc1cc(N)cs1. The number of aryl methyl sites for hydroxylation is 9. The molecule has 28 heteroatoms. The number of ketones is 7. The number of likely N-dealkylation sites (tertiary alicyclic amines) is 4. The van der Waals surface area contributed by atoms with Crippen LogP contribution in [-0.2, 0) is 14.3 Å². The molecular weight excluding hydrogens is 1800 g/mol. The molecule has 5 aliphatic heterocycles. The van der Waals surface area contributed by atoms with Crippen LogP contribution in [0.5, 0.6) is 0 Å². The maximum absolute atomic E-state index is 12.4. The number of nitrogens with two attached hydrogens (primary N) is 1. The molecule has 0 unspecified atom stereocenters. The zero-order valence-electron chi connectivity index (χ0n) is 80.3. The molecule has 716 valence electrons. The lowest BCUT2D eigenvalue weighted by Gasteiger charge is -2.36. The molecule has 5 aliphatic rings. The van der Waals surface area contributed by atoms with Crippen LogP contribution in [0.15, 0.2) is 103 Å². The van der Waals surface area contributed by atoms with Gasteiger partial charge in [-0.2, -0.15) is 0 Å². The zero-order chi connectivity index (χ0) is 94.7. The number of morpholine rings is 1. The Morgan fingerprint density at radius 1 is 0.362 bits per heavy atom. The van der Waals surface area contributed by atoms with Gasteiger partial charge < -0.3 is 44.6 Å². The van der Waals surface area contributed by atoms with E-state index in [0.717, 1.165) is 189 Å². The summed E-state index contributed by atoms with van der Waals surface area (Å²) in [6.07, 6.45) is 24.2. The average molecular weight is 1950 g/mol. The first-order valence-electron chi connectivity index (χ1n) is 46.4. The van der Waals surface area contributed by atoms with Crippen molar-refractivity contribution in [2.45, 2.75) is 229 Å². The average Bonchev–Trinajstić information content (AvgIpc) is 1.65. The molecule has 0 spiro atoms. The molecular formula is C102H148N8O11S9. The number of Topliss-reactive ketones (excluding diaryl/α,β-unsaturated/α-hetero) is 7. The molecule has 0 bridgehead atoms. The number of anilines is 1. The standard InChI is InChI=1S/C15H22N2OS.C14H21NOS.C13H19NO2S.C13H19NOS.C12H19NOS.C11H15NO2S.C11H16OS.C8H10O2S.C5H7NS/c1-12-10-13(11-19-12)15(18)17-8-4-14(5-9-17)16-6-2-3-7-16;1-12-10-13(11-17-12)14(16)6-5-9-15-7-3-2-4-8-15;1-11-9-12(10-17-11)13(15)3-2-4-14-5-7-16-8-6-14;1-11-9-12(10-16-11)13(15)5-4-8-14-6-2-3-7-14;1-10-8-11(9-15-10)12(14)6-4-5-7-13(2)3;1-8-6-9(7-15-8)10(13)4-5-11(14)12(2)3;1-3-4-5-6-11(12)10-7-9(2)13-8-10;1-6-3-7(5-11-6)8(9)4-10-2;1-4-2-5(6)3-7-4/h10-11,14H,2-9H2,1H3;10-11H,2-9H2,1H3;9-10H,2-8H2,1H3;9-10H,2-8H2,1H3;8-9H,4-7H2,1-3H3;6-7H,4-5H2,1-3H3;7-8H,3-6H2,1-2H3;3,5H,4H2,1-2H3;2-3H,6H2,1H3. The molecule has 0 atom stereocenters. The van der Waals surface area contributed by atoms with Crippen molar-refractivity contribution in [1.82, 2.24) is 34.3 Å². The van der Waals surface area contributed by atoms with Crippen LogP contribution < -0.4 is 5.73 Å². The van der Waals surface area contributed by atoms with E-state index >= 15 is 0 Å². The Balaban J connectivity index is 0.000000227. The number of carbonyl (C=O) groups excluding carboxylic acids is 9. The predicted molar refractivity (Wildman–Crippen MR) is 553 cm³/mol. The number of carbonyl (C=O) groups is 9. The summed E-state index contributed by atoms with van der Waals surface area (Å²) in [6, 6.07) is 18.4. The molecule has 0 aromatic carbocycles. The molecule has 9 aromatic rings. The smallest absolute Gasteiger partial charge is 0.254 e. The van der Waals surface area contributed by atoms with Crippen molar-refractivity contribution >= 4 is 160 Å². The van der Waals surface area contributed by atoms with E-state index in [1.54, 1.807) is 116 Å². The van der Waals surface area contributed by atoms with Crippen LogP contribution in [-0.4, -0.2) is 239 Å². The summed E-state index contributed by atoms with van der Waals surface area (Å²) in [5.74, 6) is 1.82. The first-order valence-corrected chi connectivity index (χ1v) is 54.3. The highest BCUT2D eigenvalue weighted by atomic mass is 32.1. The van der Waals surface area contributed by atoms with Gasteiger partial charge in [-0.05, 0) is 286 Å². The number of methoxy groups -OCH3 is 1. The fraction of sp³-hybridized carbons (Fsp3) is 0.559. The number of hydrogen-bond donors (Lipinski definition) is 1. The minimum atomic E-state index is -0.00435. The van der Waals surface area contributed by atoms with E-state index in [4.69, 9.17) is 15.2 Å². The molecule has 130 heavy (non-hydrogen) atoms. The Hall–Kier alpha value is -6.55. The second kappa shape index (κ2) is 63.7. The van der Waals surface area contributed by atoms with Gasteiger partial charge >= 0.3 is 0 Å². The van der Waals surface area contributed by atoms with Crippen LogP contribution in [0.3, 0.4) is 0 Å². The lowest BCUT2D eigenvalue weighted by Crippen LogP contribution is -2.45. The number of nitrogens with zero attached hydrogens (tertiary/aromatic N) is 7. The number of hydrogen-bond acceptors (Lipinski definition) is 26. The molecule has 2 N–H and O–H groups in total. The lowest BCUT2D eigenvalue weighted by atomic mass is 10.0. The van der Waals surface area contributed by atoms with Gasteiger partial charge in [0.05, 0.1) is 18.8 Å². The van der Waals surface area contributed by atoms with Crippen molar-refractivity contribution in [3.63, 3.8) is 0 Å². The number of unbranched alkanes of at least 4 members (excludes halogenated alkanes) is 3. The predicted octanol–water partition coefficient (Wildman–Crippen LogP) is 24.2. The maximum Gasteiger partial charge on any atom is 0.254 e. The van der Waals surface area contributed by atoms with Crippen molar-refractivity contribution in [2.75, 3.05) is 152 Å². The summed E-state index contributed by atoms with van der Waals surface area (Å²) in [7, 11) is 9.04. The van der Waals surface area contributed by atoms with Gasteiger partial charge in [-0.3, -0.25) is 48.1 Å². The summed E-state index contributed by atoms with van der Waals surface area (Å²) < 4.78 is 10.0. The van der Waals surface area contributed by atoms with Crippen LogP contribution in [0.4, 0.5) is 5.69 Å². The zero-order valence-corrected chi connectivity index (χ0v) is 87.7. The largest absolute Gasteiger partial charge is 0.398 e. The van der Waals surface area contributed by atoms with Crippen molar-refractivity contribution in [3.8, 4) is 0 Å². The Kier molecular flexibility index (Phi) is 54.9. The van der Waals surface area contributed by atoms with Gasteiger partial charge in [0.2, 0.25) is 5.91 Å². The highest BCUT2D eigenvalue weighted by Crippen LogP contribution is 2.27. The van der Waals surface area contributed by atoms with Crippen molar-refractivity contribution in [1.29, 1.82) is 0 Å². The second-order valence-corrected chi connectivity index (χ2v) is 44.5. The lowest BCUT2D eigenvalue weighted by molar-refractivity contribution is -0.128. The van der Waals surface area contributed by atoms with E-state index in [1.807, 2.05) is 156 Å². The van der Waals surface area contributed by atoms with Crippen LogP contribution >= 0.6 is 102 Å². The Bertz CT molecular complexity index is 4660. The minimum absolute atomic E-state index is 0.00435. The summed E-state index contributed by atoms with van der Waals surface area (Å²) in [6.45, 7) is 37.8. The molecule has 14 rings (SSSR count). The number of rotatable bonds is 35. The van der Waals surface area contributed by atoms with Gasteiger partial charge in [0.15, 0.2) is 40.5 Å². The molecule has 5 fully saturated rings. The third-order valence-electron chi connectivity index (χ3n) is 22.5. The third kappa shape index (κ3) is 45.7. The Morgan fingerprint density at radius 3 is 0.977 bits per heavy atom. The van der Waals surface area contributed by atoms with Crippen LogP contribution in [0.1, 0.15) is 288 Å². The highest BCUT2D eigenvalue weighted by Gasteiger charge is 2.29. The third-order valence-corrected chi connectivity index (χ3v) is 30.3. The number of piperidine rings is 2. The van der Waals surface area contributed by atoms with Gasteiger partial charge in [0, 0.05) is 235 Å². The molecule has 5 saturated heterocycles. The van der Waals surface area contributed by atoms with Gasteiger partial charge in [0.1, 0.15) is 6.61 Å². The fourth-order valence-corrected chi connectivity index (χ4v) is 21.3. The first kappa shape index (κ1) is 112. The Labute approximate surface area is 813 Å². The topological polar surface area (TPSA) is 221 Å². The summed E-state index contributed by atoms with van der Waals surface area (Å²) in [5, 5.41) is 17.5. The summed E-state index contributed by atoms with van der Waals surface area (Å²) in [5.41, 5.74) is 13.1. The highest BCUT2D eigenvalue weighted by molar-refractivity contribution is 7.12. The summed E-state index contributed by atoms with van der Waals surface area (Å²) >= 11 is 14.7. The van der Waals surface area contributed by atoms with Crippen molar-refractivity contribution in [3.05, 3.63) is 191 Å². The van der Waals surface area contributed by atoms with E-state index in [1.165, 1.54) is 137 Å². The fourth-order valence-electron chi connectivity index (χ4n) is 15.0. The molecule has 9 aromatic heterocycles. The number of thiophene rings is 9. The van der Waals surface area contributed by atoms with E-state index in [9.17, 15) is 43.2 Å². The Morgan fingerprint density at radius 2 is 0.669 bits per heavy atom. The molecule has 14 heterocycles. The van der Waals surface area contributed by atoms with Crippen LogP contribution in [0, 0.1) is 62.3 Å². The monoisotopic (exact) mass is 1950 g/mol. The second-order valence-electron chi connectivity index (χ2n) is 34.4. The molecule has 0 radical (unpaired) electrons. The minimum Gasteiger partial charge on any atom is -0.398 e. The van der Waals surface area contributed by atoms with E-state index < -0.39 is 0 Å². The van der Waals surface area contributed by atoms with Crippen molar-refractivity contribution in [2.24, 2.45) is 0 Å². The van der Waals surface area contributed by atoms with Crippen LogP contribution in [0.25, 0.3) is 0 Å². The molecule has 0 saturated carbocycles. The number of amides is 2. The molecule has 19 nitrogen and oxygen atoms in total.